The number of nitrogens with zero attached hydrogens (tertiary/aromatic N) is 2. The smallest absolute Gasteiger partial charge is 0.240 e. The highest BCUT2D eigenvalue weighted by Gasteiger charge is 2.00. The highest BCUT2D eigenvalue weighted by atomic mass is 16.1. The predicted molar refractivity (Wildman–Crippen MR) is 55.1 cm³/mol. The van der Waals surface area contributed by atoms with Crippen LogP contribution in [0.15, 0.2) is 28.2 Å². The van der Waals surface area contributed by atoms with E-state index >= 15 is 0 Å². The molecule has 0 amide bonds. The summed E-state index contributed by atoms with van der Waals surface area (Å²) in [7, 11) is 0. The van der Waals surface area contributed by atoms with Crippen LogP contribution in [0.4, 0.5) is 11.4 Å². The number of hydrogen-bond donors (Lipinski definition) is 2. The molecule has 0 fully saturated rings. The van der Waals surface area contributed by atoms with E-state index in [0.29, 0.717) is 16.9 Å². The maximum absolute atomic E-state index is 10.00. The lowest BCUT2D eigenvalue weighted by Gasteiger charge is -1.99. The summed E-state index contributed by atoms with van der Waals surface area (Å²) in [4.78, 5) is 26.9. The van der Waals surface area contributed by atoms with Gasteiger partial charge in [-0.15, -0.1) is 0 Å². The Hall–Kier alpha value is -2.10. The van der Waals surface area contributed by atoms with Crippen LogP contribution < -0.4 is 11.7 Å². The summed E-state index contributed by atoms with van der Waals surface area (Å²) >= 11 is 0. The van der Waals surface area contributed by atoms with Crippen LogP contribution in [-0.2, 0) is 9.59 Å². The SMILES string of the molecule is Cc1c(N=C=O)cccc1N=C=O.NN. The van der Waals surface area contributed by atoms with Gasteiger partial charge in [0.25, 0.3) is 0 Å². The molecule has 6 nitrogen and oxygen atoms in total. The molecule has 0 heterocycles. The van der Waals surface area contributed by atoms with Gasteiger partial charge in [0, 0.05) is 5.56 Å². The molecule has 0 bridgehead atoms. The van der Waals surface area contributed by atoms with Gasteiger partial charge in [-0.3, -0.25) is 11.7 Å². The number of hydrogen-bond acceptors (Lipinski definition) is 6. The minimum absolute atomic E-state index is 0.464. The summed E-state index contributed by atoms with van der Waals surface area (Å²) in [5.41, 5.74) is 1.59. The van der Waals surface area contributed by atoms with E-state index in [1.165, 1.54) is 12.2 Å². The van der Waals surface area contributed by atoms with Crippen LogP contribution in [0.5, 0.6) is 0 Å². The van der Waals surface area contributed by atoms with Crippen LogP contribution in [0.1, 0.15) is 5.56 Å². The van der Waals surface area contributed by atoms with Crippen molar-refractivity contribution in [3.05, 3.63) is 23.8 Å². The van der Waals surface area contributed by atoms with Gasteiger partial charge >= 0.3 is 0 Å². The van der Waals surface area contributed by atoms with Crippen molar-refractivity contribution in [2.75, 3.05) is 0 Å². The largest absolute Gasteiger partial charge is 0.274 e. The van der Waals surface area contributed by atoms with Gasteiger partial charge in [-0.05, 0) is 19.1 Å². The maximum Gasteiger partial charge on any atom is 0.240 e. The van der Waals surface area contributed by atoms with Crippen LogP contribution in [0, 0.1) is 6.92 Å². The molecular formula is C9H10N4O2. The zero-order chi connectivity index (χ0) is 11.7. The second-order valence-corrected chi connectivity index (χ2v) is 2.33. The Bertz CT molecular complexity index is 382. The van der Waals surface area contributed by atoms with Crippen molar-refractivity contribution >= 4 is 23.5 Å². The molecule has 15 heavy (non-hydrogen) atoms. The number of hydrazine groups is 1. The molecule has 1 aromatic carbocycles. The lowest BCUT2D eigenvalue weighted by molar-refractivity contribution is 0.565. The lowest BCUT2D eigenvalue weighted by atomic mass is 10.1. The second kappa shape index (κ2) is 7.32. The van der Waals surface area contributed by atoms with E-state index in [0.717, 1.165) is 0 Å². The molecule has 0 radical (unpaired) electrons. The summed E-state index contributed by atoms with van der Waals surface area (Å²) in [5.74, 6) is 8.00. The topological polar surface area (TPSA) is 111 Å². The minimum atomic E-state index is 0.464. The first-order chi connectivity index (χ1) is 7.29. The average molecular weight is 206 g/mol. The average Bonchev–Trinajstić information content (AvgIpc) is 2.27. The van der Waals surface area contributed by atoms with Crippen molar-refractivity contribution in [2.24, 2.45) is 21.7 Å². The molecule has 0 saturated heterocycles. The van der Waals surface area contributed by atoms with Crippen LogP contribution >= 0.6 is 0 Å². The van der Waals surface area contributed by atoms with Crippen molar-refractivity contribution in [1.29, 1.82) is 0 Å². The number of aliphatic imine (C=N–C) groups is 2. The third-order valence-electron chi connectivity index (χ3n) is 1.61. The Morgan fingerprint density at radius 1 is 1.07 bits per heavy atom. The molecule has 0 aromatic heterocycles. The van der Waals surface area contributed by atoms with Crippen molar-refractivity contribution in [1.82, 2.24) is 0 Å². The van der Waals surface area contributed by atoms with Crippen molar-refractivity contribution in [2.45, 2.75) is 6.92 Å². The molecule has 0 aliphatic rings. The van der Waals surface area contributed by atoms with Crippen LogP contribution in [-0.4, -0.2) is 12.2 Å². The first-order valence-electron chi connectivity index (χ1n) is 3.88. The monoisotopic (exact) mass is 206 g/mol. The minimum Gasteiger partial charge on any atom is -0.274 e. The molecule has 0 aliphatic carbocycles. The summed E-state index contributed by atoms with van der Waals surface area (Å²) in [6.07, 6.45) is 2.86. The zero-order valence-electron chi connectivity index (χ0n) is 8.10. The van der Waals surface area contributed by atoms with Gasteiger partial charge < -0.3 is 0 Å². The third kappa shape index (κ3) is 3.64. The molecule has 4 N–H and O–H groups in total. The van der Waals surface area contributed by atoms with E-state index in [-0.39, 0.29) is 0 Å². The third-order valence-corrected chi connectivity index (χ3v) is 1.61. The van der Waals surface area contributed by atoms with Crippen molar-refractivity contribution in [3.63, 3.8) is 0 Å². The van der Waals surface area contributed by atoms with Gasteiger partial charge in [0.15, 0.2) is 0 Å². The molecule has 6 heteroatoms. The number of nitrogens with two attached hydrogens (primary N) is 2. The highest BCUT2D eigenvalue weighted by Crippen LogP contribution is 2.26. The number of carbonyl (C=O) groups excluding carboxylic acids is 2. The van der Waals surface area contributed by atoms with Gasteiger partial charge in [0.1, 0.15) is 0 Å². The van der Waals surface area contributed by atoms with Gasteiger partial charge in [-0.25, -0.2) is 9.59 Å². The zero-order valence-corrected chi connectivity index (χ0v) is 8.10. The van der Waals surface area contributed by atoms with Gasteiger partial charge in [-0.1, -0.05) is 6.07 Å². The molecule has 78 valence electrons. The van der Waals surface area contributed by atoms with Crippen LogP contribution in [0.2, 0.25) is 0 Å². The summed E-state index contributed by atoms with van der Waals surface area (Å²) in [5, 5.41) is 0. The van der Waals surface area contributed by atoms with Crippen LogP contribution in [0.25, 0.3) is 0 Å². The van der Waals surface area contributed by atoms with Gasteiger partial charge in [-0.2, -0.15) is 9.98 Å². The predicted octanol–water partition coefficient (Wildman–Crippen LogP) is 0.748. The van der Waals surface area contributed by atoms with Gasteiger partial charge in [0.05, 0.1) is 11.4 Å². The molecule has 0 spiro atoms. The Balaban J connectivity index is 0.000000921. The Kier molecular flexibility index (Phi) is 6.29. The molecule has 0 atom stereocenters. The number of benzene rings is 1. The van der Waals surface area contributed by atoms with E-state index in [2.05, 4.69) is 21.7 Å². The highest BCUT2D eigenvalue weighted by molar-refractivity contribution is 5.64. The Morgan fingerprint density at radius 3 is 1.80 bits per heavy atom. The van der Waals surface area contributed by atoms with Crippen molar-refractivity contribution < 1.29 is 9.59 Å². The first kappa shape index (κ1) is 12.9. The lowest BCUT2D eigenvalue weighted by Crippen LogP contribution is -2.02. The molecule has 1 aromatic rings. The molecular weight excluding hydrogens is 196 g/mol. The fourth-order valence-electron chi connectivity index (χ4n) is 0.952. The summed E-state index contributed by atoms with van der Waals surface area (Å²) < 4.78 is 0. The molecule has 1 rings (SSSR count). The fraction of sp³-hybridized carbons (Fsp3) is 0.111. The van der Waals surface area contributed by atoms with E-state index in [4.69, 9.17) is 0 Å². The fourth-order valence-corrected chi connectivity index (χ4v) is 0.952. The molecule has 0 aliphatic heterocycles. The summed E-state index contributed by atoms with van der Waals surface area (Å²) in [6, 6.07) is 4.94. The number of isocyanates is 2. The normalized spacial score (nSPS) is 7.67. The van der Waals surface area contributed by atoms with E-state index < -0.39 is 0 Å². The van der Waals surface area contributed by atoms with Gasteiger partial charge in [0.2, 0.25) is 12.2 Å². The molecule has 0 saturated carbocycles. The molecule has 0 unspecified atom stereocenters. The standard InChI is InChI=1S/C9H6N2O2.H4N2/c1-7-8(10-5-12)3-2-4-9(7)11-6-13;1-2/h2-4H,1H3;1-2H2. The number of rotatable bonds is 2. The van der Waals surface area contributed by atoms with Crippen LogP contribution in [0.3, 0.4) is 0 Å². The van der Waals surface area contributed by atoms with E-state index in [9.17, 15) is 9.59 Å². The second-order valence-electron chi connectivity index (χ2n) is 2.33. The maximum atomic E-state index is 10.00. The Morgan fingerprint density at radius 2 is 1.47 bits per heavy atom. The van der Waals surface area contributed by atoms with E-state index in [1.807, 2.05) is 0 Å². The van der Waals surface area contributed by atoms with E-state index in [1.54, 1.807) is 25.1 Å². The summed E-state index contributed by atoms with van der Waals surface area (Å²) in [6.45, 7) is 1.71. The first-order valence-corrected chi connectivity index (χ1v) is 3.88. The quantitative estimate of drug-likeness (QED) is 0.322. The van der Waals surface area contributed by atoms with Crippen molar-refractivity contribution in [3.8, 4) is 0 Å². The Labute approximate surface area is 86.3 Å².